The Labute approximate surface area is 157 Å². The number of carbonyl (C=O) groups is 2. The smallest absolute Gasteiger partial charge is 0.339 e. The summed E-state index contributed by atoms with van der Waals surface area (Å²) >= 11 is 19.1. The number of halogens is 3. The van der Waals surface area contributed by atoms with Crippen LogP contribution in [0.25, 0.3) is 0 Å². The standard InChI is InChI=1S/C15H13Cl3N2O3S/c1-23-13(22)9-5-2-3-6-10(9)19-14(15(16,17)18)20-12(21)11-7-4-8-24-11/h2-8,14,19H,1H3,(H,20,21)/t14-/m1/s1. The van der Waals surface area contributed by atoms with Crippen LogP contribution in [0, 0.1) is 0 Å². The molecule has 2 rings (SSSR count). The van der Waals surface area contributed by atoms with Crippen LogP contribution in [0.15, 0.2) is 41.8 Å². The highest BCUT2D eigenvalue weighted by molar-refractivity contribution is 7.12. The molecule has 24 heavy (non-hydrogen) atoms. The largest absolute Gasteiger partial charge is 0.465 e. The van der Waals surface area contributed by atoms with E-state index in [4.69, 9.17) is 39.5 Å². The van der Waals surface area contributed by atoms with Gasteiger partial charge >= 0.3 is 5.97 Å². The van der Waals surface area contributed by atoms with E-state index in [1.54, 1.807) is 41.8 Å². The summed E-state index contributed by atoms with van der Waals surface area (Å²) in [5.74, 6) is -0.949. The van der Waals surface area contributed by atoms with Crippen molar-refractivity contribution in [2.24, 2.45) is 0 Å². The molecule has 0 aliphatic carbocycles. The summed E-state index contributed by atoms with van der Waals surface area (Å²) in [5.41, 5.74) is 0.622. The minimum atomic E-state index is -1.85. The van der Waals surface area contributed by atoms with E-state index in [1.807, 2.05) is 0 Å². The summed E-state index contributed by atoms with van der Waals surface area (Å²) in [6.45, 7) is 0. The van der Waals surface area contributed by atoms with Gasteiger partial charge in [0.05, 0.1) is 23.2 Å². The van der Waals surface area contributed by atoms with Gasteiger partial charge in [-0.25, -0.2) is 4.79 Å². The van der Waals surface area contributed by atoms with Gasteiger partial charge in [0.1, 0.15) is 6.17 Å². The van der Waals surface area contributed by atoms with Gasteiger partial charge in [-0.2, -0.15) is 0 Å². The molecule has 0 radical (unpaired) electrons. The van der Waals surface area contributed by atoms with Crippen molar-refractivity contribution in [2.45, 2.75) is 9.96 Å². The zero-order chi connectivity index (χ0) is 17.7. The Morgan fingerprint density at radius 3 is 2.46 bits per heavy atom. The van der Waals surface area contributed by atoms with Crippen molar-refractivity contribution in [1.29, 1.82) is 0 Å². The Morgan fingerprint density at radius 2 is 1.88 bits per heavy atom. The third-order valence-corrected chi connectivity index (χ3v) is 4.50. The van der Waals surface area contributed by atoms with Crippen LogP contribution in [0.1, 0.15) is 20.0 Å². The normalized spacial score (nSPS) is 12.3. The third kappa shape index (κ3) is 4.77. The van der Waals surface area contributed by atoms with Crippen molar-refractivity contribution in [2.75, 3.05) is 12.4 Å². The van der Waals surface area contributed by atoms with Crippen LogP contribution in [0.4, 0.5) is 5.69 Å². The molecule has 0 saturated heterocycles. The first-order chi connectivity index (χ1) is 11.3. The number of hydrogen-bond acceptors (Lipinski definition) is 5. The Bertz CT molecular complexity index is 717. The SMILES string of the molecule is COC(=O)c1ccccc1N[C@H](NC(=O)c1cccs1)C(Cl)(Cl)Cl. The number of methoxy groups -OCH3 is 1. The number of ether oxygens (including phenoxy) is 1. The summed E-state index contributed by atoms with van der Waals surface area (Å²) in [7, 11) is 1.27. The Kier molecular flexibility index (Phi) is 6.34. The van der Waals surface area contributed by atoms with Crippen LogP contribution < -0.4 is 10.6 Å². The molecule has 0 saturated carbocycles. The predicted octanol–water partition coefficient (Wildman–Crippen LogP) is 4.07. The molecule has 1 heterocycles. The lowest BCUT2D eigenvalue weighted by Gasteiger charge is -2.28. The first kappa shape index (κ1) is 18.9. The maximum Gasteiger partial charge on any atom is 0.339 e. The average Bonchev–Trinajstić information content (AvgIpc) is 3.07. The molecule has 0 fully saturated rings. The molecule has 1 aromatic heterocycles. The zero-order valence-electron chi connectivity index (χ0n) is 12.4. The van der Waals surface area contributed by atoms with Crippen molar-refractivity contribution < 1.29 is 14.3 Å². The van der Waals surface area contributed by atoms with E-state index in [0.717, 1.165) is 0 Å². The number of anilines is 1. The van der Waals surface area contributed by atoms with Gasteiger partial charge in [-0.3, -0.25) is 4.79 Å². The monoisotopic (exact) mass is 406 g/mol. The first-order valence-corrected chi connectivity index (χ1v) is 8.69. The van der Waals surface area contributed by atoms with Gasteiger partial charge in [-0.05, 0) is 23.6 Å². The summed E-state index contributed by atoms with van der Waals surface area (Å²) in [5, 5.41) is 7.24. The Morgan fingerprint density at radius 1 is 1.17 bits per heavy atom. The van der Waals surface area contributed by atoms with E-state index >= 15 is 0 Å². The highest BCUT2D eigenvalue weighted by Crippen LogP contribution is 2.32. The molecule has 0 unspecified atom stereocenters. The van der Waals surface area contributed by atoms with Gasteiger partial charge < -0.3 is 15.4 Å². The summed E-state index contributed by atoms with van der Waals surface area (Å²) in [4.78, 5) is 24.5. The Balaban J connectivity index is 2.25. The molecule has 0 aliphatic rings. The number of carbonyl (C=O) groups excluding carboxylic acids is 2. The molecule has 1 atom stereocenters. The van der Waals surface area contributed by atoms with Crippen molar-refractivity contribution >= 4 is 63.7 Å². The summed E-state index contributed by atoms with van der Waals surface area (Å²) in [6.07, 6.45) is -1.07. The molecule has 0 spiro atoms. The average molecular weight is 408 g/mol. The van der Waals surface area contributed by atoms with Gasteiger partial charge in [-0.15, -0.1) is 11.3 Å². The van der Waals surface area contributed by atoms with E-state index < -0.39 is 21.8 Å². The lowest BCUT2D eigenvalue weighted by Crippen LogP contribution is -2.49. The molecule has 9 heteroatoms. The number of thiophene rings is 1. The van der Waals surface area contributed by atoms with Crippen LogP contribution in [-0.2, 0) is 4.74 Å². The number of para-hydroxylation sites is 1. The number of esters is 1. The first-order valence-electron chi connectivity index (χ1n) is 6.68. The van der Waals surface area contributed by atoms with Crippen molar-refractivity contribution in [3.63, 3.8) is 0 Å². The van der Waals surface area contributed by atoms with E-state index in [9.17, 15) is 9.59 Å². The van der Waals surface area contributed by atoms with E-state index in [-0.39, 0.29) is 5.56 Å². The van der Waals surface area contributed by atoms with Gasteiger partial charge in [0.2, 0.25) is 3.79 Å². The van der Waals surface area contributed by atoms with E-state index in [0.29, 0.717) is 10.6 Å². The molecular formula is C15H13Cl3N2O3S. The van der Waals surface area contributed by atoms with Crippen molar-refractivity contribution in [1.82, 2.24) is 5.32 Å². The van der Waals surface area contributed by atoms with Gasteiger partial charge in [-0.1, -0.05) is 53.0 Å². The van der Waals surface area contributed by atoms with Crippen molar-refractivity contribution in [3.8, 4) is 0 Å². The molecular weight excluding hydrogens is 395 g/mol. The van der Waals surface area contributed by atoms with E-state index in [1.165, 1.54) is 18.4 Å². The van der Waals surface area contributed by atoms with Crippen LogP contribution in [0.3, 0.4) is 0 Å². The maximum atomic E-state index is 12.2. The second-order valence-corrected chi connectivity index (χ2v) is 7.92. The minimum Gasteiger partial charge on any atom is -0.465 e. The Hall–Kier alpha value is -1.47. The number of alkyl halides is 3. The fourth-order valence-corrected chi connectivity index (χ4v) is 2.82. The number of benzene rings is 1. The van der Waals surface area contributed by atoms with Crippen LogP contribution in [0.5, 0.6) is 0 Å². The zero-order valence-corrected chi connectivity index (χ0v) is 15.5. The lowest BCUT2D eigenvalue weighted by atomic mass is 10.1. The topological polar surface area (TPSA) is 67.4 Å². The molecule has 0 aliphatic heterocycles. The minimum absolute atomic E-state index is 0.254. The molecule has 1 aromatic carbocycles. The molecule has 1 amide bonds. The number of rotatable bonds is 5. The van der Waals surface area contributed by atoms with Gasteiger partial charge in [0.15, 0.2) is 0 Å². The van der Waals surface area contributed by atoms with Gasteiger partial charge in [0.25, 0.3) is 5.91 Å². The second kappa shape index (κ2) is 8.07. The number of amides is 1. The molecule has 0 bridgehead atoms. The van der Waals surface area contributed by atoms with Crippen molar-refractivity contribution in [3.05, 3.63) is 52.2 Å². The summed E-state index contributed by atoms with van der Waals surface area (Å²) in [6, 6.07) is 9.94. The maximum absolute atomic E-state index is 12.2. The fourth-order valence-electron chi connectivity index (χ4n) is 1.86. The number of nitrogens with one attached hydrogen (secondary N) is 2. The summed E-state index contributed by atoms with van der Waals surface area (Å²) < 4.78 is 2.87. The molecule has 5 nitrogen and oxygen atoms in total. The van der Waals surface area contributed by atoms with Gasteiger partial charge in [0, 0.05) is 0 Å². The van der Waals surface area contributed by atoms with Crippen LogP contribution in [-0.4, -0.2) is 28.9 Å². The molecule has 128 valence electrons. The fraction of sp³-hybridized carbons (Fsp3) is 0.200. The second-order valence-electron chi connectivity index (χ2n) is 4.61. The molecule has 2 N–H and O–H groups in total. The number of hydrogen-bond donors (Lipinski definition) is 2. The lowest BCUT2D eigenvalue weighted by molar-refractivity contribution is 0.0601. The third-order valence-electron chi connectivity index (χ3n) is 2.98. The van der Waals surface area contributed by atoms with Crippen LogP contribution in [0.2, 0.25) is 0 Å². The predicted molar refractivity (Wildman–Crippen MR) is 97.3 cm³/mol. The molecule has 2 aromatic rings. The highest BCUT2D eigenvalue weighted by atomic mass is 35.6. The van der Waals surface area contributed by atoms with E-state index in [2.05, 4.69) is 10.6 Å². The highest BCUT2D eigenvalue weighted by Gasteiger charge is 2.35. The quantitative estimate of drug-likeness (QED) is 0.445. The van der Waals surface area contributed by atoms with Crippen LogP contribution >= 0.6 is 46.1 Å².